The minimum Gasteiger partial charge on any atom is -0.330 e. The van der Waals surface area contributed by atoms with E-state index in [1.165, 1.54) is 27.3 Å². The van der Waals surface area contributed by atoms with Gasteiger partial charge < -0.3 is 10.6 Å². The first-order valence-corrected chi connectivity index (χ1v) is 10.3. The Labute approximate surface area is 162 Å². The van der Waals surface area contributed by atoms with Gasteiger partial charge in [0, 0.05) is 27.7 Å². The van der Waals surface area contributed by atoms with Crippen LogP contribution in [-0.2, 0) is 13.1 Å². The summed E-state index contributed by atoms with van der Waals surface area (Å²) in [5.41, 5.74) is 8.56. The molecule has 1 aromatic carbocycles. The fourth-order valence-electron chi connectivity index (χ4n) is 2.64. The highest BCUT2D eigenvalue weighted by atomic mass is 32.1. The minimum atomic E-state index is -0.0405. The summed E-state index contributed by atoms with van der Waals surface area (Å²) in [6.45, 7) is 7.10. The molecule has 6 heteroatoms. The Morgan fingerprint density at radius 1 is 1.19 bits per heavy atom. The van der Waals surface area contributed by atoms with Crippen LogP contribution in [-0.4, -0.2) is 21.8 Å². The molecule has 0 aliphatic rings. The van der Waals surface area contributed by atoms with Gasteiger partial charge in [-0.2, -0.15) is 0 Å². The molecule has 136 valence electrons. The topological polar surface area (TPSA) is 59.2 Å². The molecule has 0 spiro atoms. The summed E-state index contributed by atoms with van der Waals surface area (Å²) in [4.78, 5) is 21.5. The van der Waals surface area contributed by atoms with Crippen molar-refractivity contribution in [2.75, 3.05) is 0 Å². The predicted molar refractivity (Wildman–Crippen MR) is 110 cm³/mol. The Hall–Kier alpha value is -2.02. The van der Waals surface area contributed by atoms with Crippen molar-refractivity contribution in [1.82, 2.24) is 9.88 Å². The first-order valence-electron chi connectivity index (χ1n) is 8.59. The van der Waals surface area contributed by atoms with Crippen molar-refractivity contribution in [3.8, 4) is 10.4 Å². The lowest BCUT2D eigenvalue weighted by molar-refractivity contribution is 0.0687. The van der Waals surface area contributed by atoms with Gasteiger partial charge in [-0.3, -0.25) is 4.79 Å². The van der Waals surface area contributed by atoms with Crippen LogP contribution in [0.15, 0.2) is 41.8 Å². The summed E-state index contributed by atoms with van der Waals surface area (Å²) in [5.74, 6) is -0.0405. The largest absolute Gasteiger partial charge is 0.330 e. The van der Waals surface area contributed by atoms with Crippen LogP contribution in [0.5, 0.6) is 0 Å². The lowest BCUT2D eigenvalue weighted by atomic mass is 10.1. The van der Waals surface area contributed by atoms with E-state index in [-0.39, 0.29) is 11.9 Å². The standard InChI is InChI=1S/C20H23N3OS2/c1-13(2)23(20(24)17-12-25-19(10-21)22-17)11-16-8-9-18(26-16)15-6-4-14(3)5-7-15/h4-9,12-13H,10-11,21H2,1-3H3. The second-order valence-electron chi connectivity index (χ2n) is 6.49. The Bertz CT molecular complexity index is 881. The number of carbonyl (C=O) groups excluding carboxylic acids is 1. The molecule has 2 aromatic heterocycles. The van der Waals surface area contributed by atoms with E-state index in [4.69, 9.17) is 5.73 Å². The molecular formula is C20H23N3OS2. The molecule has 2 N–H and O–H groups in total. The van der Waals surface area contributed by atoms with Crippen LogP contribution in [0.4, 0.5) is 0 Å². The maximum Gasteiger partial charge on any atom is 0.273 e. The normalized spacial score (nSPS) is 11.1. The van der Waals surface area contributed by atoms with Crippen molar-refractivity contribution in [3.63, 3.8) is 0 Å². The van der Waals surface area contributed by atoms with Gasteiger partial charge in [0.25, 0.3) is 5.91 Å². The average Bonchev–Trinajstić information content (AvgIpc) is 3.29. The third-order valence-corrected chi connectivity index (χ3v) is 6.14. The molecule has 0 bridgehead atoms. The summed E-state index contributed by atoms with van der Waals surface area (Å²) >= 11 is 3.16. The van der Waals surface area contributed by atoms with Gasteiger partial charge in [-0.15, -0.1) is 22.7 Å². The number of hydrogen-bond acceptors (Lipinski definition) is 5. The van der Waals surface area contributed by atoms with E-state index in [0.29, 0.717) is 18.8 Å². The van der Waals surface area contributed by atoms with Gasteiger partial charge >= 0.3 is 0 Å². The van der Waals surface area contributed by atoms with E-state index in [1.54, 1.807) is 16.7 Å². The van der Waals surface area contributed by atoms with E-state index < -0.39 is 0 Å². The van der Waals surface area contributed by atoms with Gasteiger partial charge in [0.05, 0.1) is 6.54 Å². The maximum atomic E-state index is 12.9. The smallest absolute Gasteiger partial charge is 0.273 e. The molecule has 2 heterocycles. The van der Waals surface area contributed by atoms with Gasteiger partial charge in [0.1, 0.15) is 10.7 Å². The Kier molecular flexibility index (Phi) is 5.86. The molecule has 0 aliphatic heterocycles. The molecule has 0 saturated heterocycles. The zero-order chi connectivity index (χ0) is 18.7. The number of thiazole rings is 1. The van der Waals surface area contributed by atoms with Crippen LogP contribution in [0.2, 0.25) is 0 Å². The van der Waals surface area contributed by atoms with Gasteiger partial charge in [-0.05, 0) is 38.5 Å². The molecule has 4 nitrogen and oxygen atoms in total. The SMILES string of the molecule is Cc1ccc(-c2ccc(CN(C(=O)c3csc(CN)n3)C(C)C)s2)cc1. The van der Waals surface area contributed by atoms with Crippen LogP contribution < -0.4 is 5.73 Å². The van der Waals surface area contributed by atoms with Gasteiger partial charge in [0.15, 0.2) is 0 Å². The minimum absolute atomic E-state index is 0.0405. The Balaban J connectivity index is 1.78. The van der Waals surface area contributed by atoms with Crippen molar-refractivity contribution in [3.05, 3.63) is 62.9 Å². The van der Waals surface area contributed by atoms with E-state index in [9.17, 15) is 4.79 Å². The molecule has 0 unspecified atom stereocenters. The van der Waals surface area contributed by atoms with Crippen molar-refractivity contribution in [1.29, 1.82) is 0 Å². The van der Waals surface area contributed by atoms with Crippen LogP contribution >= 0.6 is 22.7 Å². The summed E-state index contributed by atoms with van der Waals surface area (Å²) < 4.78 is 0. The molecule has 3 aromatic rings. The third kappa shape index (κ3) is 4.20. The van der Waals surface area contributed by atoms with Gasteiger partial charge in [-0.25, -0.2) is 4.98 Å². The van der Waals surface area contributed by atoms with E-state index in [1.807, 2.05) is 18.7 Å². The molecule has 0 aliphatic carbocycles. The number of amides is 1. The first-order chi connectivity index (χ1) is 12.5. The monoisotopic (exact) mass is 385 g/mol. The summed E-state index contributed by atoms with van der Waals surface area (Å²) in [6, 6.07) is 12.8. The Morgan fingerprint density at radius 2 is 1.92 bits per heavy atom. The number of aryl methyl sites for hydroxylation is 1. The number of rotatable bonds is 6. The molecule has 0 radical (unpaired) electrons. The zero-order valence-electron chi connectivity index (χ0n) is 15.2. The average molecular weight is 386 g/mol. The second-order valence-corrected chi connectivity index (χ2v) is 8.60. The predicted octanol–water partition coefficient (Wildman–Crippen LogP) is 4.69. The number of carbonyl (C=O) groups is 1. The highest BCUT2D eigenvalue weighted by Crippen LogP contribution is 2.29. The van der Waals surface area contributed by atoms with Crippen molar-refractivity contribution in [2.24, 2.45) is 5.73 Å². The van der Waals surface area contributed by atoms with Crippen molar-refractivity contribution in [2.45, 2.75) is 39.9 Å². The van der Waals surface area contributed by atoms with E-state index in [0.717, 1.165) is 9.88 Å². The molecule has 3 rings (SSSR count). The van der Waals surface area contributed by atoms with E-state index in [2.05, 4.69) is 48.3 Å². The summed E-state index contributed by atoms with van der Waals surface area (Å²) in [5, 5.41) is 2.58. The third-order valence-electron chi connectivity index (χ3n) is 4.15. The zero-order valence-corrected chi connectivity index (χ0v) is 16.9. The Morgan fingerprint density at radius 3 is 2.54 bits per heavy atom. The van der Waals surface area contributed by atoms with Crippen LogP contribution in [0.25, 0.3) is 10.4 Å². The molecule has 0 atom stereocenters. The molecule has 0 saturated carbocycles. The highest BCUT2D eigenvalue weighted by molar-refractivity contribution is 7.15. The summed E-state index contributed by atoms with van der Waals surface area (Å²) in [6.07, 6.45) is 0. The highest BCUT2D eigenvalue weighted by Gasteiger charge is 2.22. The first kappa shape index (κ1) is 18.8. The quantitative estimate of drug-likeness (QED) is 0.670. The fourth-order valence-corrected chi connectivity index (χ4v) is 4.30. The number of benzene rings is 1. The van der Waals surface area contributed by atoms with Crippen LogP contribution in [0.1, 0.15) is 39.8 Å². The van der Waals surface area contributed by atoms with Gasteiger partial charge in [0.2, 0.25) is 0 Å². The number of thiophene rings is 1. The van der Waals surface area contributed by atoms with Crippen molar-refractivity contribution < 1.29 is 4.79 Å². The number of nitrogens with zero attached hydrogens (tertiary/aromatic N) is 2. The molecule has 1 amide bonds. The lowest BCUT2D eigenvalue weighted by Crippen LogP contribution is -2.36. The molecular weight excluding hydrogens is 362 g/mol. The summed E-state index contributed by atoms with van der Waals surface area (Å²) in [7, 11) is 0. The van der Waals surface area contributed by atoms with Crippen LogP contribution in [0, 0.1) is 6.92 Å². The fraction of sp³-hybridized carbons (Fsp3) is 0.300. The van der Waals surface area contributed by atoms with E-state index >= 15 is 0 Å². The van der Waals surface area contributed by atoms with Gasteiger partial charge in [-0.1, -0.05) is 29.8 Å². The molecule has 0 fully saturated rings. The number of nitrogens with two attached hydrogens (primary N) is 1. The number of aromatic nitrogens is 1. The van der Waals surface area contributed by atoms with Crippen LogP contribution in [0.3, 0.4) is 0 Å². The molecule has 26 heavy (non-hydrogen) atoms. The lowest BCUT2D eigenvalue weighted by Gasteiger charge is -2.25. The van der Waals surface area contributed by atoms with Crippen molar-refractivity contribution >= 4 is 28.6 Å². The second kappa shape index (κ2) is 8.12. The number of hydrogen-bond donors (Lipinski definition) is 1. The maximum absolute atomic E-state index is 12.9.